The number of amides is 1. The van der Waals surface area contributed by atoms with Crippen LogP contribution in [0.3, 0.4) is 0 Å². The van der Waals surface area contributed by atoms with E-state index in [0.717, 1.165) is 31.7 Å². The summed E-state index contributed by atoms with van der Waals surface area (Å²) in [5, 5.41) is 3.07. The molecule has 2 aliphatic rings. The van der Waals surface area contributed by atoms with Crippen LogP contribution in [-0.4, -0.2) is 35.0 Å². The molecule has 3 N–H and O–H groups in total. The van der Waals surface area contributed by atoms with E-state index in [0.29, 0.717) is 24.2 Å². The molecule has 0 aliphatic carbocycles. The monoisotopic (exact) mass is 247 g/mol. The first-order valence-corrected chi connectivity index (χ1v) is 6.35. The number of carbonyl (C=O) groups is 1. The first-order valence-electron chi connectivity index (χ1n) is 6.35. The quantitative estimate of drug-likeness (QED) is 0.738. The van der Waals surface area contributed by atoms with Gasteiger partial charge in [0.1, 0.15) is 0 Å². The van der Waals surface area contributed by atoms with E-state index in [2.05, 4.69) is 20.2 Å². The lowest BCUT2D eigenvalue weighted by Crippen LogP contribution is -2.54. The molecule has 3 rings (SSSR count). The van der Waals surface area contributed by atoms with Crippen molar-refractivity contribution in [3.63, 3.8) is 0 Å². The number of aromatic nitrogens is 2. The lowest BCUT2D eigenvalue weighted by atomic mass is 9.85. The summed E-state index contributed by atoms with van der Waals surface area (Å²) in [6, 6.07) is 0.320. The van der Waals surface area contributed by atoms with Gasteiger partial charge in [-0.1, -0.05) is 0 Å². The van der Waals surface area contributed by atoms with E-state index >= 15 is 0 Å². The molecule has 1 amide bonds. The van der Waals surface area contributed by atoms with Gasteiger partial charge in [0.05, 0.1) is 0 Å². The third-order valence-electron chi connectivity index (χ3n) is 3.83. The second-order valence-electron chi connectivity index (χ2n) is 4.97. The third kappa shape index (κ3) is 1.98. The van der Waals surface area contributed by atoms with Gasteiger partial charge in [0.25, 0.3) is 0 Å². The third-order valence-corrected chi connectivity index (χ3v) is 3.83. The lowest BCUT2D eigenvalue weighted by molar-refractivity contribution is -0.124. The minimum atomic E-state index is 0.184. The predicted molar refractivity (Wildman–Crippen MR) is 67.9 cm³/mol. The molecule has 18 heavy (non-hydrogen) atoms. The van der Waals surface area contributed by atoms with Crippen LogP contribution < -0.4 is 16.0 Å². The number of nitrogens with two attached hydrogens (primary N) is 1. The van der Waals surface area contributed by atoms with Gasteiger partial charge in [-0.05, 0) is 18.8 Å². The molecule has 0 radical (unpaired) electrons. The van der Waals surface area contributed by atoms with Crippen molar-refractivity contribution in [3.05, 3.63) is 12.4 Å². The Bertz CT molecular complexity index is 464. The maximum Gasteiger partial charge on any atom is 0.220 e. The van der Waals surface area contributed by atoms with Gasteiger partial charge in [-0.2, -0.15) is 0 Å². The number of piperidine rings is 2. The maximum atomic E-state index is 11.4. The fourth-order valence-corrected chi connectivity index (χ4v) is 2.89. The molecule has 2 saturated heterocycles. The minimum absolute atomic E-state index is 0.184. The van der Waals surface area contributed by atoms with Crippen molar-refractivity contribution in [3.8, 4) is 0 Å². The van der Waals surface area contributed by atoms with Crippen molar-refractivity contribution >= 4 is 17.5 Å². The topological polar surface area (TPSA) is 84.1 Å². The highest BCUT2D eigenvalue weighted by molar-refractivity contribution is 5.77. The van der Waals surface area contributed by atoms with E-state index in [-0.39, 0.29) is 5.91 Å². The zero-order valence-electron chi connectivity index (χ0n) is 10.2. The van der Waals surface area contributed by atoms with Crippen LogP contribution in [-0.2, 0) is 4.79 Å². The molecule has 2 atom stereocenters. The van der Waals surface area contributed by atoms with Crippen LogP contribution in [0.4, 0.5) is 11.6 Å². The Labute approximate surface area is 106 Å². The van der Waals surface area contributed by atoms with Crippen molar-refractivity contribution in [2.75, 3.05) is 23.7 Å². The molecule has 3 heterocycles. The number of nitrogens with one attached hydrogen (secondary N) is 1. The number of nitrogens with zero attached hydrogens (tertiary/aromatic N) is 3. The first-order chi connectivity index (χ1) is 8.74. The van der Waals surface area contributed by atoms with E-state index < -0.39 is 0 Å². The average molecular weight is 247 g/mol. The number of anilines is 2. The molecule has 1 aromatic rings. The van der Waals surface area contributed by atoms with E-state index in [1.165, 1.54) is 0 Å². The average Bonchev–Trinajstić information content (AvgIpc) is 2.39. The molecule has 1 aromatic heterocycles. The summed E-state index contributed by atoms with van der Waals surface area (Å²) in [6.45, 7) is 1.76. The van der Waals surface area contributed by atoms with Gasteiger partial charge < -0.3 is 16.0 Å². The second-order valence-corrected chi connectivity index (χ2v) is 4.97. The first kappa shape index (κ1) is 11.3. The van der Waals surface area contributed by atoms with Crippen LogP contribution in [0.2, 0.25) is 0 Å². The lowest BCUT2D eigenvalue weighted by Gasteiger charge is -2.41. The van der Waals surface area contributed by atoms with Gasteiger partial charge in [0, 0.05) is 37.9 Å². The van der Waals surface area contributed by atoms with Crippen LogP contribution >= 0.6 is 0 Å². The Kier molecular flexibility index (Phi) is 2.77. The summed E-state index contributed by atoms with van der Waals surface area (Å²) in [4.78, 5) is 21.9. The number of rotatable bonds is 1. The van der Waals surface area contributed by atoms with Gasteiger partial charge in [-0.3, -0.25) is 4.79 Å². The number of hydrogen-bond acceptors (Lipinski definition) is 5. The fourth-order valence-electron chi connectivity index (χ4n) is 2.89. The number of nitrogen functional groups attached to an aromatic ring is 1. The van der Waals surface area contributed by atoms with Crippen LogP contribution in [0.15, 0.2) is 12.4 Å². The molecule has 0 aromatic carbocycles. The highest BCUT2D eigenvalue weighted by atomic mass is 16.1. The molecule has 2 unspecified atom stereocenters. The summed E-state index contributed by atoms with van der Waals surface area (Å²) < 4.78 is 0. The summed E-state index contributed by atoms with van der Waals surface area (Å²) in [5.41, 5.74) is 5.86. The molecule has 0 spiro atoms. The van der Waals surface area contributed by atoms with Crippen molar-refractivity contribution in [1.82, 2.24) is 15.3 Å². The predicted octanol–water partition coefficient (Wildman–Crippen LogP) is 0.164. The smallest absolute Gasteiger partial charge is 0.220 e. The number of fused-ring (bicyclic) bond motifs is 1. The largest absolute Gasteiger partial charge is 0.381 e. The molecule has 0 saturated carbocycles. The Hall–Kier alpha value is -1.85. The van der Waals surface area contributed by atoms with Gasteiger partial charge in [0.15, 0.2) is 11.6 Å². The molecule has 2 aliphatic heterocycles. The summed E-state index contributed by atoms with van der Waals surface area (Å²) in [6.07, 6.45) is 5.80. The van der Waals surface area contributed by atoms with Crippen LogP contribution in [0.5, 0.6) is 0 Å². The van der Waals surface area contributed by atoms with Crippen molar-refractivity contribution in [2.45, 2.75) is 25.3 Å². The van der Waals surface area contributed by atoms with E-state index in [1.807, 2.05) is 0 Å². The molecule has 2 fully saturated rings. The minimum Gasteiger partial charge on any atom is -0.381 e. The number of carbonyl (C=O) groups excluding carboxylic acids is 1. The van der Waals surface area contributed by atoms with Gasteiger partial charge in [-0.15, -0.1) is 0 Å². The van der Waals surface area contributed by atoms with Gasteiger partial charge in [0.2, 0.25) is 5.91 Å². The Morgan fingerprint density at radius 2 is 2.17 bits per heavy atom. The highest BCUT2D eigenvalue weighted by Gasteiger charge is 2.34. The second kappa shape index (κ2) is 4.44. The number of hydrogen-bond donors (Lipinski definition) is 2. The van der Waals surface area contributed by atoms with Crippen molar-refractivity contribution in [2.24, 2.45) is 5.92 Å². The Morgan fingerprint density at radius 1 is 1.33 bits per heavy atom. The molecule has 0 bridgehead atoms. The summed E-state index contributed by atoms with van der Waals surface area (Å²) in [7, 11) is 0. The normalized spacial score (nSPS) is 27.6. The molecular formula is C12H17N5O. The van der Waals surface area contributed by atoms with Crippen LogP contribution in [0.1, 0.15) is 19.3 Å². The van der Waals surface area contributed by atoms with Crippen LogP contribution in [0.25, 0.3) is 0 Å². The standard InChI is InChI=1S/C12H17N5O/c13-11-12(15-5-4-14-11)17-6-3-9-8(7-17)1-2-10(18)16-9/h4-5,8-9H,1-3,6-7H2,(H2,13,14)(H,16,18). The Balaban J connectivity index is 1.75. The summed E-state index contributed by atoms with van der Waals surface area (Å²) >= 11 is 0. The van der Waals surface area contributed by atoms with E-state index in [4.69, 9.17) is 5.73 Å². The molecular weight excluding hydrogens is 230 g/mol. The molecule has 96 valence electrons. The Morgan fingerprint density at radius 3 is 3.00 bits per heavy atom. The maximum absolute atomic E-state index is 11.4. The molecule has 6 nitrogen and oxygen atoms in total. The van der Waals surface area contributed by atoms with Crippen LogP contribution in [0, 0.1) is 5.92 Å². The zero-order chi connectivity index (χ0) is 12.5. The van der Waals surface area contributed by atoms with Gasteiger partial charge >= 0.3 is 0 Å². The van der Waals surface area contributed by atoms with Crippen molar-refractivity contribution < 1.29 is 4.79 Å². The van der Waals surface area contributed by atoms with Crippen molar-refractivity contribution in [1.29, 1.82) is 0 Å². The fraction of sp³-hybridized carbons (Fsp3) is 0.583. The highest BCUT2D eigenvalue weighted by Crippen LogP contribution is 2.29. The zero-order valence-corrected chi connectivity index (χ0v) is 10.2. The molecule has 6 heteroatoms. The van der Waals surface area contributed by atoms with E-state index in [1.54, 1.807) is 12.4 Å². The SMILES string of the molecule is Nc1nccnc1N1CCC2NC(=O)CCC2C1. The van der Waals surface area contributed by atoms with Gasteiger partial charge in [-0.25, -0.2) is 9.97 Å². The van der Waals surface area contributed by atoms with E-state index in [9.17, 15) is 4.79 Å². The summed E-state index contributed by atoms with van der Waals surface area (Å²) in [5.74, 6) is 1.94.